The van der Waals surface area contributed by atoms with Crippen molar-refractivity contribution in [2.75, 3.05) is 26.7 Å². The third-order valence-corrected chi connectivity index (χ3v) is 3.31. The summed E-state index contributed by atoms with van der Waals surface area (Å²) in [5.41, 5.74) is 0.777. The summed E-state index contributed by atoms with van der Waals surface area (Å²) in [5.74, 6) is -0.111. The minimum atomic E-state index is -0.111. The first kappa shape index (κ1) is 16.1. The lowest BCUT2D eigenvalue weighted by atomic mass is 10.1. The molecule has 0 aromatic heterocycles. The number of benzene rings is 1. The third-order valence-electron chi connectivity index (χ3n) is 3.31. The molecule has 0 saturated heterocycles. The highest BCUT2D eigenvalue weighted by atomic mass is 19.1. The van der Waals surface area contributed by atoms with Gasteiger partial charge in [-0.15, -0.1) is 0 Å². The van der Waals surface area contributed by atoms with Crippen molar-refractivity contribution in [2.45, 2.75) is 39.2 Å². The first-order chi connectivity index (χ1) is 9.19. The van der Waals surface area contributed by atoms with Crippen LogP contribution in [0.5, 0.6) is 0 Å². The molecule has 0 fully saturated rings. The van der Waals surface area contributed by atoms with E-state index in [0.717, 1.165) is 31.6 Å². The van der Waals surface area contributed by atoms with E-state index in [4.69, 9.17) is 0 Å². The van der Waals surface area contributed by atoms with E-state index in [0.29, 0.717) is 0 Å². The Morgan fingerprint density at radius 3 is 2.58 bits per heavy atom. The van der Waals surface area contributed by atoms with Crippen molar-refractivity contribution in [3.05, 3.63) is 35.6 Å². The number of rotatable bonds is 9. The smallest absolute Gasteiger partial charge is 0.128 e. The van der Waals surface area contributed by atoms with Crippen LogP contribution in [0.2, 0.25) is 0 Å². The Balaban J connectivity index is 2.69. The van der Waals surface area contributed by atoms with Gasteiger partial charge in [0.05, 0.1) is 0 Å². The van der Waals surface area contributed by atoms with Crippen molar-refractivity contribution in [3.8, 4) is 0 Å². The van der Waals surface area contributed by atoms with Gasteiger partial charge in [-0.3, -0.25) is 0 Å². The van der Waals surface area contributed by atoms with E-state index >= 15 is 0 Å². The number of nitrogens with one attached hydrogen (secondary N) is 1. The summed E-state index contributed by atoms with van der Waals surface area (Å²) in [5, 5.41) is 3.45. The van der Waals surface area contributed by atoms with E-state index in [-0.39, 0.29) is 11.9 Å². The monoisotopic (exact) mass is 266 g/mol. The molecule has 0 aliphatic heterocycles. The normalized spacial score (nSPS) is 12.9. The van der Waals surface area contributed by atoms with Crippen LogP contribution in [-0.2, 0) is 0 Å². The Kier molecular flexibility index (Phi) is 7.68. The first-order valence-electron chi connectivity index (χ1n) is 7.35. The summed E-state index contributed by atoms with van der Waals surface area (Å²) in [6, 6.07) is 7.16. The van der Waals surface area contributed by atoms with Crippen molar-refractivity contribution in [2.24, 2.45) is 0 Å². The van der Waals surface area contributed by atoms with Crippen LogP contribution >= 0.6 is 0 Å². The SMILES string of the molecule is CCCCN(C)CC(NCCC)c1ccccc1F. The summed E-state index contributed by atoms with van der Waals surface area (Å²) < 4.78 is 13.9. The van der Waals surface area contributed by atoms with Gasteiger partial charge in [-0.1, -0.05) is 38.5 Å². The molecule has 0 spiro atoms. The average molecular weight is 266 g/mol. The second kappa shape index (κ2) is 9.05. The maximum absolute atomic E-state index is 13.9. The van der Waals surface area contributed by atoms with Gasteiger partial charge in [0.2, 0.25) is 0 Å². The van der Waals surface area contributed by atoms with Gasteiger partial charge in [-0.2, -0.15) is 0 Å². The van der Waals surface area contributed by atoms with E-state index in [1.54, 1.807) is 12.1 Å². The Bertz CT molecular complexity index is 354. The lowest BCUT2D eigenvalue weighted by Crippen LogP contribution is -2.34. The van der Waals surface area contributed by atoms with Gasteiger partial charge < -0.3 is 10.2 Å². The molecule has 1 unspecified atom stereocenters. The largest absolute Gasteiger partial charge is 0.309 e. The predicted octanol–water partition coefficient (Wildman–Crippen LogP) is 3.60. The van der Waals surface area contributed by atoms with Gasteiger partial charge in [0, 0.05) is 18.2 Å². The van der Waals surface area contributed by atoms with Gasteiger partial charge in [0.1, 0.15) is 5.82 Å². The fourth-order valence-electron chi connectivity index (χ4n) is 2.18. The van der Waals surface area contributed by atoms with Crippen LogP contribution in [0.3, 0.4) is 0 Å². The van der Waals surface area contributed by atoms with Crippen LogP contribution in [0.1, 0.15) is 44.7 Å². The number of likely N-dealkylation sites (N-methyl/N-ethyl adjacent to an activating group) is 1. The molecule has 19 heavy (non-hydrogen) atoms. The first-order valence-corrected chi connectivity index (χ1v) is 7.35. The minimum Gasteiger partial charge on any atom is -0.309 e. The molecule has 1 aromatic rings. The van der Waals surface area contributed by atoms with Crippen molar-refractivity contribution in [3.63, 3.8) is 0 Å². The zero-order valence-corrected chi connectivity index (χ0v) is 12.5. The maximum atomic E-state index is 13.9. The van der Waals surface area contributed by atoms with Crippen LogP contribution in [0.15, 0.2) is 24.3 Å². The number of hydrogen-bond acceptors (Lipinski definition) is 2. The van der Waals surface area contributed by atoms with E-state index in [9.17, 15) is 4.39 Å². The molecule has 1 N–H and O–H groups in total. The fourth-order valence-corrected chi connectivity index (χ4v) is 2.18. The molecule has 0 bridgehead atoms. The van der Waals surface area contributed by atoms with E-state index in [1.165, 1.54) is 12.8 Å². The molecule has 1 aromatic carbocycles. The molecule has 3 heteroatoms. The molecule has 108 valence electrons. The Morgan fingerprint density at radius 1 is 1.21 bits per heavy atom. The highest BCUT2D eigenvalue weighted by molar-refractivity contribution is 5.21. The van der Waals surface area contributed by atoms with Gasteiger partial charge in [-0.25, -0.2) is 4.39 Å². The maximum Gasteiger partial charge on any atom is 0.128 e. The standard InChI is InChI=1S/C16H27FN2/c1-4-6-12-19(3)13-16(18-11-5-2)14-9-7-8-10-15(14)17/h7-10,16,18H,4-6,11-13H2,1-3H3. The van der Waals surface area contributed by atoms with Gasteiger partial charge >= 0.3 is 0 Å². The molecule has 1 atom stereocenters. The molecule has 0 aliphatic carbocycles. The minimum absolute atomic E-state index is 0.0722. The zero-order chi connectivity index (χ0) is 14.1. The molecule has 2 nitrogen and oxygen atoms in total. The van der Waals surface area contributed by atoms with Gasteiger partial charge in [0.15, 0.2) is 0 Å². The second-order valence-corrected chi connectivity index (χ2v) is 5.14. The topological polar surface area (TPSA) is 15.3 Å². The van der Waals surface area contributed by atoms with E-state index in [1.807, 2.05) is 12.1 Å². The highest BCUT2D eigenvalue weighted by Crippen LogP contribution is 2.18. The molecule has 0 aliphatic rings. The molecule has 1 rings (SSSR count). The molecular weight excluding hydrogens is 239 g/mol. The summed E-state index contributed by atoms with van der Waals surface area (Å²) >= 11 is 0. The number of nitrogens with zero attached hydrogens (tertiary/aromatic N) is 1. The Morgan fingerprint density at radius 2 is 1.95 bits per heavy atom. The van der Waals surface area contributed by atoms with Crippen LogP contribution in [-0.4, -0.2) is 31.6 Å². The summed E-state index contributed by atoms with van der Waals surface area (Å²) in [6.45, 7) is 7.15. The number of halogens is 1. The predicted molar refractivity (Wildman–Crippen MR) is 79.8 cm³/mol. The molecule has 0 saturated carbocycles. The number of unbranched alkanes of at least 4 members (excludes halogenated alkanes) is 1. The summed E-state index contributed by atoms with van der Waals surface area (Å²) in [4.78, 5) is 2.28. The molecule has 0 heterocycles. The fraction of sp³-hybridized carbons (Fsp3) is 0.625. The lowest BCUT2D eigenvalue weighted by molar-refractivity contribution is 0.283. The van der Waals surface area contributed by atoms with Crippen molar-refractivity contribution >= 4 is 0 Å². The van der Waals surface area contributed by atoms with Crippen LogP contribution in [0.4, 0.5) is 4.39 Å². The summed E-state index contributed by atoms with van der Waals surface area (Å²) in [6.07, 6.45) is 3.44. The van der Waals surface area contributed by atoms with Crippen molar-refractivity contribution < 1.29 is 4.39 Å². The Labute approximate surface area is 117 Å². The van der Waals surface area contributed by atoms with E-state index in [2.05, 4.69) is 31.1 Å². The average Bonchev–Trinajstić information content (AvgIpc) is 2.42. The highest BCUT2D eigenvalue weighted by Gasteiger charge is 2.16. The van der Waals surface area contributed by atoms with Crippen molar-refractivity contribution in [1.29, 1.82) is 0 Å². The molecular formula is C16H27FN2. The Hall–Kier alpha value is -0.930. The lowest BCUT2D eigenvalue weighted by Gasteiger charge is -2.25. The molecule has 0 radical (unpaired) electrons. The van der Waals surface area contributed by atoms with Gasteiger partial charge in [-0.05, 0) is 39.0 Å². The van der Waals surface area contributed by atoms with Crippen LogP contribution in [0, 0.1) is 5.82 Å². The van der Waals surface area contributed by atoms with Gasteiger partial charge in [0.25, 0.3) is 0 Å². The molecule has 0 amide bonds. The van der Waals surface area contributed by atoms with Crippen molar-refractivity contribution in [1.82, 2.24) is 10.2 Å². The zero-order valence-electron chi connectivity index (χ0n) is 12.5. The van der Waals surface area contributed by atoms with E-state index < -0.39 is 0 Å². The second-order valence-electron chi connectivity index (χ2n) is 5.14. The van der Waals surface area contributed by atoms with Crippen LogP contribution in [0.25, 0.3) is 0 Å². The van der Waals surface area contributed by atoms with Crippen LogP contribution < -0.4 is 5.32 Å². The summed E-state index contributed by atoms with van der Waals surface area (Å²) in [7, 11) is 2.11. The number of hydrogen-bond donors (Lipinski definition) is 1. The quantitative estimate of drug-likeness (QED) is 0.734. The third kappa shape index (κ3) is 5.70.